The fraction of sp³-hybridized carbons (Fsp3) is 1.00. The van der Waals surface area contributed by atoms with Gasteiger partial charge in [-0.2, -0.15) is 0 Å². The lowest BCUT2D eigenvalue weighted by Gasteiger charge is -2.30. The van der Waals surface area contributed by atoms with Gasteiger partial charge in [-0.1, -0.05) is 19.3 Å². The Bertz CT molecular complexity index is 201. The van der Waals surface area contributed by atoms with Gasteiger partial charge >= 0.3 is 0 Å². The number of ether oxygens (including phenoxy) is 1. The van der Waals surface area contributed by atoms with E-state index >= 15 is 0 Å². The van der Waals surface area contributed by atoms with E-state index in [1.165, 1.54) is 51.4 Å². The first-order valence-electron chi connectivity index (χ1n) is 7.08. The number of nitrogens with one attached hydrogen (secondary N) is 1. The maximum Gasteiger partial charge on any atom is 0.0586 e. The summed E-state index contributed by atoms with van der Waals surface area (Å²) < 4.78 is 5.43. The van der Waals surface area contributed by atoms with Gasteiger partial charge < -0.3 is 10.1 Å². The molecule has 0 radical (unpaired) electrons. The Labute approximate surface area is 100 Å². The standard InChI is InChI=1S/C14H27NO/c1-11(12-6-4-3-5-7-12)15-13-8-9-14(10-13)16-2/h11-15H,3-10H2,1-2H3. The molecule has 2 rings (SSSR count). The molecule has 0 amide bonds. The summed E-state index contributed by atoms with van der Waals surface area (Å²) in [4.78, 5) is 0. The molecule has 0 aromatic carbocycles. The van der Waals surface area contributed by atoms with Crippen LogP contribution < -0.4 is 5.32 Å². The van der Waals surface area contributed by atoms with E-state index in [4.69, 9.17) is 4.74 Å². The molecule has 0 aliphatic heterocycles. The maximum atomic E-state index is 5.43. The fourth-order valence-electron chi connectivity index (χ4n) is 3.45. The predicted molar refractivity (Wildman–Crippen MR) is 67.6 cm³/mol. The van der Waals surface area contributed by atoms with Crippen LogP contribution in [0.4, 0.5) is 0 Å². The number of methoxy groups -OCH3 is 1. The van der Waals surface area contributed by atoms with Crippen molar-refractivity contribution < 1.29 is 4.74 Å². The van der Waals surface area contributed by atoms with Crippen LogP contribution in [0.1, 0.15) is 58.3 Å². The Hall–Kier alpha value is -0.0800. The van der Waals surface area contributed by atoms with Crippen molar-refractivity contribution in [2.75, 3.05) is 7.11 Å². The third-order valence-electron chi connectivity index (χ3n) is 4.57. The molecule has 0 aromatic heterocycles. The van der Waals surface area contributed by atoms with Crippen LogP contribution in [0.3, 0.4) is 0 Å². The lowest BCUT2D eigenvalue weighted by molar-refractivity contribution is 0.106. The van der Waals surface area contributed by atoms with Gasteiger partial charge in [-0.05, 0) is 44.9 Å². The third-order valence-corrected chi connectivity index (χ3v) is 4.57. The first-order chi connectivity index (χ1) is 7.79. The van der Waals surface area contributed by atoms with Crippen molar-refractivity contribution in [2.45, 2.75) is 76.5 Å². The molecule has 0 bridgehead atoms. The van der Waals surface area contributed by atoms with Crippen molar-refractivity contribution in [3.05, 3.63) is 0 Å². The predicted octanol–water partition coefficient (Wildman–Crippen LogP) is 3.11. The smallest absolute Gasteiger partial charge is 0.0586 e. The first-order valence-corrected chi connectivity index (χ1v) is 7.08. The summed E-state index contributed by atoms with van der Waals surface area (Å²) in [7, 11) is 1.84. The average molecular weight is 225 g/mol. The Morgan fingerprint density at radius 2 is 1.81 bits per heavy atom. The number of rotatable bonds is 4. The van der Waals surface area contributed by atoms with E-state index in [2.05, 4.69) is 12.2 Å². The number of hydrogen-bond donors (Lipinski definition) is 1. The molecular weight excluding hydrogens is 198 g/mol. The quantitative estimate of drug-likeness (QED) is 0.794. The summed E-state index contributed by atoms with van der Waals surface area (Å²) in [5, 5.41) is 3.83. The Morgan fingerprint density at radius 1 is 1.06 bits per heavy atom. The SMILES string of the molecule is COC1CCC(NC(C)C2CCCCC2)C1. The molecule has 0 aromatic rings. The molecule has 94 valence electrons. The summed E-state index contributed by atoms with van der Waals surface area (Å²) in [6.07, 6.45) is 11.5. The molecule has 3 unspecified atom stereocenters. The summed E-state index contributed by atoms with van der Waals surface area (Å²) in [6.45, 7) is 2.39. The van der Waals surface area contributed by atoms with Gasteiger partial charge in [0.2, 0.25) is 0 Å². The van der Waals surface area contributed by atoms with E-state index < -0.39 is 0 Å². The van der Waals surface area contributed by atoms with E-state index in [0.29, 0.717) is 18.2 Å². The van der Waals surface area contributed by atoms with Gasteiger partial charge in [0.05, 0.1) is 6.10 Å². The Balaban J connectivity index is 1.72. The zero-order chi connectivity index (χ0) is 11.4. The van der Waals surface area contributed by atoms with Crippen molar-refractivity contribution in [1.82, 2.24) is 5.32 Å². The molecule has 3 atom stereocenters. The zero-order valence-electron chi connectivity index (χ0n) is 10.9. The van der Waals surface area contributed by atoms with E-state index in [9.17, 15) is 0 Å². The molecule has 0 saturated heterocycles. The van der Waals surface area contributed by atoms with E-state index in [1.54, 1.807) is 0 Å². The van der Waals surface area contributed by atoms with Gasteiger partial charge in [-0.15, -0.1) is 0 Å². The minimum atomic E-state index is 0.510. The van der Waals surface area contributed by atoms with E-state index in [1.807, 2.05) is 7.11 Å². The lowest BCUT2D eigenvalue weighted by Crippen LogP contribution is -2.40. The molecule has 2 nitrogen and oxygen atoms in total. The van der Waals surface area contributed by atoms with Gasteiger partial charge in [0, 0.05) is 19.2 Å². The van der Waals surface area contributed by atoms with E-state index in [0.717, 1.165) is 5.92 Å². The Kier molecular flexibility index (Phi) is 4.66. The van der Waals surface area contributed by atoms with Gasteiger partial charge in [0.1, 0.15) is 0 Å². The summed E-state index contributed by atoms with van der Waals surface area (Å²) in [5.41, 5.74) is 0. The highest BCUT2D eigenvalue weighted by atomic mass is 16.5. The molecule has 1 N–H and O–H groups in total. The molecule has 2 saturated carbocycles. The first kappa shape index (κ1) is 12.4. The van der Waals surface area contributed by atoms with Crippen LogP contribution in [-0.2, 0) is 4.74 Å². The second-order valence-corrected chi connectivity index (χ2v) is 5.72. The van der Waals surface area contributed by atoms with Crippen LogP contribution in [-0.4, -0.2) is 25.3 Å². The second-order valence-electron chi connectivity index (χ2n) is 5.72. The van der Waals surface area contributed by atoms with Crippen LogP contribution in [0.2, 0.25) is 0 Å². The van der Waals surface area contributed by atoms with Crippen LogP contribution in [0.15, 0.2) is 0 Å². The highest BCUT2D eigenvalue weighted by Crippen LogP contribution is 2.28. The molecule has 0 spiro atoms. The summed E-state index contributed by atoms with van der Waals surface area (Å²) in [6, 6.07) is 1.42. The van der Waals surface area contributed by atoms with Gasteiger partial charge in [-0.3, -0.25) is 0 Å². The van der Waals surface area contributed by atoms with Crippen LogP contribution in [0.25, 0.3) is 0 Å². The minimum absolute atomic E-state index is 0.510. The Morgan fingerprint density at radius 3 is 2.44 bits per heavy atom. The second kappa shape index (κ2) is 6.02. The van der Waals surface area contributed by atoms with Gasteiger partial charge in [0.15, 0.2) is 0 Å². The number of hydrogen-bond acceptors (Lipinski definition) is 2. The van der Waals surface area contributed by atoms with Gasteiger partial charge in [0.25, 0.3) is 0 Å². The van der Waals surface area contributed by atoms with E-state index in [-0.39, 0.29) is 0 Å². The monoisotopic (exact) mass is 225 g/mol. The largest absolute Gasteiger partial charge is 0.381 e. The average Bonchev–Trinajstić information content (AvgIpc) is 2.78. The van der Waals surface area contributed by atoms with Crippen molar-refractivity contribution in [2.24, 2.45) is 5.92 Å². The van der Waals surface area contributed by atoms with Crippen LogP contribution in [0.5, 0.6) is 0 Å². The molecule has 2 aliphatic carbocycles. The highest BCUT2D eigenvalue weighted by Gasteiger charge is 2.28. The molecule has 2 heteroatoms. The van der Waals surface area contributed by atoms with Crippen molar-refractivity contribution in [1.29, 1.82) is 0 Å². The normalized spacial score (nSPS) is 34.1. The lowest BCUT2D eigenvalue weighted by atomic mass is 9.84. The van der Waals surface area contributed by atoms with Crippen LogP contribution in [0, 0.1) is 5.92 Å². The van der Waals surface area contributed by atoms with Crippen molar-refractivity contribution in [3.63, 3.8) is 0 Å². The van der Waals surface area contributed by atoms with Gasteiger partial charge in [-0.25, -0.2) is 0 Å². The van der Waals surface area contributed by atoms with Crippen molar-refractivity contribution in [3.8, 4) is 0 Å². The molecular formula is C14H27NO. The minimum Gasteiger partial charge on any atom is -0.381 e. The fourth-order valence-corrected chi connectivity index (χ4v) is 3.45. The molecule has 2 fully saturated rings. The highest BCUT2D eigenvalue weighted by molar-refractivity contribution is 4.85. The molecule has 16 heavy (non-hydrogen) atoms. The van der Waals surface area contributed by atoms with Crippen molar-refractivity contribution >= 4 is 0 Å². The topological polar surface area (TPSA) is 21.3 Å². The summed E-state index contributed by atoms with van der Waals surface area (Å²) in [5.74, 6) is 0.926. The molecule has 2 aliphatic rings. The third kappa shape index (κ3) is 3.21. The molecule has 0 heterocycles. The maximum absolute atomic E-state index is 5.43. The zero-order valence-corrected chi connectivity index (χ0v) is 10.9. The summed E-state index contributed by atoms with van der Waals surface area (Å²) >= 11 is 0. The van der Waals surface area contributed by atoms with Crippen LogP contribution >= 0.6 is 0 Å².